The van der Waals surface area contributed by atoms with Crippen LogP contribution in [-0.4, -0.2) is 25.1 Å². The van der Waals surface area contributed by atoms with E-state index in [9.17, 15) is 4.79 Å². The van der Waals surface area contributed by atoms with E-state index in [1.807, 2.05) is 18.2 Å². The van der Waals surface area contributed by atoms with Crippen molar-refractivity contribution >= 4 is 49.7 Å². The Hall–Kier alpha value is -3.32. The predicted octanol–water partition coefficient (Wildman–Crippen LogP) is 4.86. The van der Waals surface area contributed by atoms with E-state index in [-0.39, 0.29) is 5.91 Å². The number of para-hydroxylation sites is 1. The molecule has 4 rings (SSSR count). The Morgan fingerprint density at radius 3 is 2.72 bits per heavy atom. The molecule has 0 aliphatic heterocycles. The van der Waals surface area contributed by atoms with Crippen LogP contribution in [0, 0.1) is 0 Å². The highest BCUT2D eigenvalue weighted by molar-refractivity contribution is 7.21. The largest absolute Gasteiger partial charge is 0.497 e. The number of fused-ring (bicyclic) bond motifs is 2. The van der Waals surface area contributed by atoms with Crippen molar-refractivity contribution < 1.29 is 14.3 Å². The predicted molar refractivity (Wildman–Crippen MR) is 118 cm³/mol. The maximum absolute atomic E-state index is 13.0. The summed E-state index contributed by atoms with van der Waals surface area (Å²) in [6, 6.07) is 13.3. The minimum atomic E-state index is -0.308. The number of nitrogens with two attached hydrogens (primary N) is 1. The molecule has 0 aliphatic rings. The van der Waals surface area contributed by atoms with Crippen LogP contribution in [0.3, 0.4) is 0 Å². The summed E-state index contributed by atoms with van der Waals surface area (Å²) >= 11 is 1.29. The lowest BCUT2D eigenvalue weighted by atomic mass is 10.1. The molecule has 0 atom stereocenters. The molecule has 2 heterocycles. The topological polar surface area (TPSA) is 86.5 Å². The molecule has 0 saturated carbocycles. The molecule has 0 spiro atoms. The Bertz CT molecular complexity index is 1230. The van der Waals surface area contributed by atoms with E-state index >= 15 is 0 Å². The number of thiophene rings is 1. The number of nitrogens with one attached hydrogen (secondary N) is 1. The van der Waals surface area contributed by atoms with E-state index in [2.05, 4.69) is 18.3 Å². The molecule has 29 heavy (non-hydrogen) atoms. The number of aromatic nitrogens is 1. The smallest absolute Gasteiger partial charge is 0.268 e. The second-order valence-corrected chi connectivity index (χ2v) is 7.55. The van der Waals surface area contributed by atoms with E-state index in [1.165, 1.54) is 16.9 Å². The molecule has 0 bridgehead atoms. The number of hydrogen-bond acceptors (Lipinski definition) is 6. The molecular weight excluding hydrogens is 386 g/mol. The van der Waals surface area contributed by atoms with Crippen LogP contribution in [0.4, 0.5) is 11.4 Å². The first-order chi connectivity index (χ1) is 14.0. The number of amides is 1. The first-order valence-electron chi connectivity index (χ1n) is 9.19. The number of carbonyl (C=O) groups excluding carboxylic acids is 1. The number of hydrogen-bond donors (Lipinski definition) is 2. The maximum atomic E-state index is 13.0. The van der Waals surface area contributed by atoms with Crippen LogP contribution in [0.5, 0.6) is 11.5 Å². The van der Waals surface area contributed by atoms with Crippen molar-refractivity contribution in [2.24, 2.45) is 0 Å². The fraction of sp³-hybridized carbons (Fsp3) is 0.182. The van der Waals surface area contributed by atoms with E-state index in [0.29, 0.717) is 27.8 Å². The Balaban J connectivity index is 1.77. The number of ether oxygens (including phenoxy) is 2. The summed E-state index contributed by atoms with van der Waals surface area (Å²) in [5.74, 6) is 0.845. The molecule has 1 amide bonds. The van der Waals surface area contributed by atoms with Crippen LogP contribution in [0.1, 0.15) is 22.2 Å². The molecule has 148 valence electrons. The summed E-state index contributed by atoms with van der Waals surface area (Å²) < 4.78 is 10.6. The van der Waals surface area contributed by atoms with Crippen molar-refractivity contribution in [2.45, 2.75) is 13.3 Å². The standard InChI is InChI=1S/C22H21N3O3S/c1-4-12-6-5-7-13-10-15-18(23)20(29-22(15)25-19(12)13)21(26)24-16-11-14(27-2)8-9-17(16)28-3/h5-11H,4,23H2,1-3H3,(H,24,26). The van der Waals surface area contributed by atoms with Crippen LogP contribution in [-0.2, 0) is 6.42 Å². The average molecular weight is 407 g/mol. The second kappa shape index (κ2) is 7.60. The highest BCUT2D eigenvalue weighted by Gasteiger charge is 2.20. The van der Waals surface area contributed by atoms with Crippen LogP contribution in [0.15, 0.2) is 42.5 Å². The molecule has 7 heteroatoms. The van der Waals surface area contributed by atoms with Gasteiger partial charge in [0.1, 0.15) is 21.2 Å². The summed E-state index contributed by atoms with van der Waals surface area (Å²) in [4.78, 5) is 18.9. The van der Waals surface area contributed by atoms with Gasteiger partial charge in [0, 0.05) is 16.8 Å². The zero-order valence-corrected chi connectivity index (χ0v) is 17.2. The fourth-order valence-electron chi connectivity index (χ4n) is 3.33. The third-order valence-electron chi connectivity index (χ3n) is 4.87. The Morgan fingerprint density at radius 1 is 1.17 bits per heavy atom. The van der Waals surface area contributed by atoms with E-state index in [4.69, 9.17) is 20.2 Å². The molecule has 0 saturated heterocycles. The van der Waals surface area contributed by atoms with Crippen LogP contribution in [0.25, 0.3) is 21.1 Å². The Kier molecular flexibility index (Phi) is 4.98. The van der Waals surface area contributed by atoms with Gasteiger partial charge in [0.2, 0.25) is 0 Å². The molecule has 0 radical (unpaired) electrons. The minimum Gasteiger partial charge on any atom is -0.497 e. The molecule has 2 aromatic carbocycles. The number of aryl methyl sites for hydroxylation is 1. The fourth-order valence-corrected chi connectivity index (χ4v) is 4.31. The van der Waals surface area contributed by atoms with Crippen molar-refractivity contribution in [3.8, 4) is 11.5 Å². The second-order valence-electron chi connectivity index (χ2n) is 6.55. The van der Waals surface area contributed by atoms with Gasteiger partial charge in [0.15, 0.2) is 0 Å². The quantitative estimate of drug-likeness (QED) is 0.493. The molecule has 4 aromatic rings. The van der Waals surface area contributed by atoms with Gasteiger partial charge in [0.25, 0.3) is 5.91 Å². The number of nitrogens with zero attached hydrogens (tertiary/aromatic N) is 1. The van der Waals surface area contributed by atoms with Crippen LogP contribution >= 0.6 is 11.3 Å². The number of anilines is 2. The van der Waals surface area contributed by atoms with Gasteiger partial charge in [0.05, 0.1) is 31.1 Å². The lowest BCUT2D eigenvalue weighted by Crippen LogP contribution is -2.12. The molecule has 0 unspecified atom stereocenters. The number of nitrogen functional groups attached to an aromatic ring is 1. The Morgan fingerprint density at radius 2 is 2.00 bits per heavy atom. The van der Waals surface area contributed by atoms with Crippen molar-refractivity contribution in [3.05, 3.63) is 52.9 Å². The minimum absolute atomic E-state index is 0.308. The van der Waals surface area contributed by atoms with Gasteiger partial charge in [-0.15, -0.1) is 11.3 Å². The summed E-state index contributed by atoms with van der Waals surface area (Å²) in [5.41, 5.74) is 9.40. The molecule has 3 N–H and O–H groups in total. The molecule has 0 aliphatic carbocycles. The zero-order valence-electron chi connectivity index (χ0n) is 16.4. The van der Waals surface area contributed by atoms with Gasteiger partial charge in [-0.1, -0.05) is 25.1 Å². The Labute approximate surface area is 172 Å². The summed E-state index contributed by atoms with van der Waals surface area (Å²) in [6.07, 6.45) is 0.889. The number of carbonyl (C=O) groups is 1. The van der Waals surface area contributed by atoms with Gasteiger partial charge in [-0.05, 0) is 30.2 Å². The van der Waals surface area contributed by atoms with Crippen molar-refractivity contribution in [3.63, 3.8) is 0 Å². The summed E-state index contributed by atoms with van der Waals surface area (Å²) in [6.45, 7) is 2.10. The number of benzene rings is 2. The molecule has 0 fully saturated rings. The van der Waals surface area contributed by atoms with Crippen molar-refractivity contribution in [1.82, 2.24) is 4.98 Å². The maximum Gasteiger partial charge on any atom is 0.268 e. The normalized spacial score (nSPS) is 11.0. The van der Waals surface area contributed by atoms with Crippen LogP contribution in [0.2, 0.25) is 0 Å². The average Bonchev–Trinajstić information content (AvgIpc) is 3.07. The lowest BCUT2D eigenvalue weighted by Gasteiger charge is -2.11. The number of methoxy groups -OCH3 is 2. The first kappa shape index (κ1) is 19.0. The number of pyridine rings is 1. The van der Waals surface area contributed by atoms with Gasteiger partial charge in [-0.2, -0.15) is 0 Å². The van der Waals surface area contributed by atoms with E-state index in [1.54, 1.807) is 32.4 Å². The van der Waals surface area contributed by atoms with Crippen LogP contribution < -0.4 is 20.5 Å². The third kappa shape index (κ3) is 3.34. The summed E-state index contributed by atoms with van der Waals surface area (Å²) in [7, 11) is 3.12. The number of rotatable bonds is 5. The SMILES string of the molecule is CCc1cccc2cc3c(N)c(C(=O)Nc4cc(OC)ccc4OC)sc3nc12. The molecule has 6 nitrogen and oxygen atoms in total. The summed E-state index contributed by atoms with van der Waals surface area (Å²) in [5, 5.41) is 4.68. The molecule has 2 aromatic heterocycles. The van der Waals surface area contributed by atoms with E-state index in [0.717, 1.165) is 27.5 Å². The van der Waals surface area contributed by atoms with Gasteiger partial charge in [-0.25, -0.2) is 4.98 Å². The monoisotopic (exact) mass is 407 g/mol. The highest BCUT2D eigenvalue weighted by atomic mass is 32.1. The lowest BCUT2D eigenvalue weighted by molar-refractivity contribution is 0.103. The first-order valence-corrected chi connectivity index (χ1v) is 10.0. The van der Waals surface area contributed by atoms with Gasteiger partial charge in [-0.3, -0.25) is 4.79 Å². The molecular formula is C22H21N3O3S. The van der Waals surface area contributed by atoms with E-state index < -0.39 is 0 Å². The van der Waals surface area contributed by atoms with Crippen molar-refractivity contribution in [2.75, 3.05) is 25.3 Å². The van der Waals surface area contributed by atoms with Gasteiger partial charge < -0.3 is 20.5 Å². The third-order valence-corrected chi connectivity index (χ3v) is 5.98. The van der Waals surface area contributed by atoms with Gasteiger partial charge >= 0.3 is 0 Å². The highest BCUT2D eigenvalue weighted by Crippen LogP contribution is 2.36. The zero-order chi connectivity index (χ0) is 20.5. The van der Waals surface area contributed by atoms with Crippen molar-refractivity contribution in [1.29, 1.82) is 0 Å².